The van der Waals surface area contributed by atoms with Crippen molar-refractivity contribution in [2.75, 3.05) is 26.4 Å². The molecule has 0 saturated heterocycles. The van der Waals surface area contributed by atoms with Gasteiger partial charge in [0.15, 0.2) is 5.16 Å². The summed E-state index contributed by atoms with van der Waals surface area (Å²) in [6.45, 7) is 2.33. The maximum atomic E-state index is 12.9. The maximum Gasteiger partial charge on any atom is 0.262 e. The zero-order valence-electron chi connectivity index (χ0n) is 16.1. The molecule has 8 heteroatoms. The number of benzene rings is 2. The van der Waals surface area contributed by atoms with E-state index in [4.69, 9.17) is 0 Å². The van der Waals surface area contributed by atoms with Crippen LogP contribution in [0.1, 0.15) is 6.92 Å². The summed E-state index contributed by atoms with van der Waals surface area (Å²) in [5.74, 6) is -0.343. The Bertz CT molecular complexity index is 1110. The number of hydrogen-bond acceptors (Lipinski definition) is 5. The molecule has 0 bridgehead atoms. The minimum atomic E-state index is -0.234. The van der Waals surface area contributed by atoms with Crippen LogP contribution in [-0.2, 0) is 16.1 Å². The first kappa shape index (κ1) is 19.9. The van der Waals surface area contributed by atoms with E-state index in [0.29, 0.717) is 22.6 Å². The average Bonchev–Trinajstić information content (AvgIpc) is 2.70. The van der Waals surface area contributed by atoms with Gasteiger partial charge in [-0.1, -0.05) is 36.0 Å². The molecular weight excluding hydrogens is 376 g/mol. The molecule has 3 aromatic rings. The Kier molecular flexibility index (Phi) is 5.99. The smallest absolute Gasteiger partial charge is 0.262 e. The molecule has 2 amide bonds. The topological polar surface area (TPSA) is 84.3 Å². The Morgan fingerprint density at radius 3 is 2.54 bits per heavy atom. The number of carbonyl (C=O) groups is 2. The molecule has 0 radical (unpaired) electrons. The third-order valence-electron chi connectivity index (χ3n) is 4.51. The number of carbonyl (C=O) groups excluding carboxylic acids is 2. The number of hydrogen-bond donors (Lipinski definition) is 1. The molecule has 0 aliphatic carbocycles. The second kappa shape index (κ2) is 8.43. The first-order valence-electron chi connectivity index (χ1n) is 8.95. The zero-order valence-corrected chi connectivity index (χ0v) is 16.9. The number of aromatic nitrogens is 2. The number of thioether (sulfide) groups is 1. The van der Waals surface area contributed by atoms with Crippen molar-refractivity contribution in [3.05, 3.63) is 46.8 Å². The number of nitrogens with zero attached hydrogens (tertiary/aromatic N) is 3. The van der Waals surface area contributed by atoms with Crippen molar-refractivity contribution in [2.24, 2.45) is 0 Å². The van der Waals surface area contributed by atoms with Crippen LogP contribution in [0.15, 0.2) is 46.3 Å². The fourth-order valence-corrected chi connectivity index (χ4v) is 3.90. The molecule has 7 nitrogen and oxygen atoms in total. The van der Waals surface area contributed by atoms with Gasteiger partial charge in [-0.3, -0.25) is 19.0 Å². The van der Waals surface area contributed by atoms with E-state index in [-0.39, 0.29) is 29.7 Å². The lowest BCUT2D eigenvalue weighted by Crippen LogP contribution is -2.37. The van der Waals surface area contributed by atoms with Gasteiger partial charge in [-0.25, -0.2) is 4.98 Å². The SMILES string of the molecule is CCn1c(SCC(=O)N(C)CC(=O)NC)nc2cc3ccccc3cc2c1=O. The molecular formula is C20H22N4O3S. The number of likely N-dealkylation sites (N-methyl/N-ethyl adjacent to an activating group) is 2. The summed E-state index contributed by atoms with van der Waals surface area (Å²) in [4.78, 5) is 42.7. The molecule has 3 rings (SSSR count). The van der Waals surface area contributed by atoms with Gasteiger partial charge in [0, 0.05) is 20.6 Å². The van der Waals surface area contributed by atoms with Crippen LogP contribution in [0.3, 0.4) is 0 Å². The van der Waals surface area contributed by atoms with Gasteiger partial charge in [-0.05, 0) is 29.8 Å². The van der Waals surface area contributed by atoms with E-state index < -0.39 is 0 Å². The highest BCUT2D eigenvalue weighted by atomic mass is 32.2. The fraction of sp³-hybridized carbons (Fsp3) is 0.300. The second-order valence-corrected chi connectivity index (χ2v) is 7.31. The average molecular weight is 398 g/mol. The van der Waals surface area contributed by atoms with Crippen LogP contribution in [0.4, 0.5) is 0 Å². The molecule has 0 atom stereocenters. The van der Waals surface area contributed by atoms with Crippen LogP contribution in [-0.4, -0.2) is 52.7 Å². The van der Waals surface area contributed by atoms with Gasteiger partial charge >= 0.3 is 0 Å². The van der Waals surface area contributed by atoms with Crippen LogP contribution >= 0.6 is 11.8 Å². The van der Waals surface area contributed by atoms with Crippen molar-refractivity contribution in [1.29, 1.82) is 0 Å². The van der Waals surface area contributed by atoms with E-state index in [1.807, 2.05) is 43.3 Å². The predicted octanol–water partition coefficient (Wildman–Crippen LogP) is 1.87. The van der Waals surface area contributed by atoms with Crippen LogP contribution in [0.5, 0.6) is 0 Å². The molecule has 0 spiro atoms. The first-order valence-corrected chi connectivity index (χ1v) is 9.93. The molecule has 0 fully saturated rings. The molecule has 0 saturated carbocycles. The Balaban J connectivity index is 1.92. The summed E-state index contributed by atoms with van der Waals surface area (Å²) in [5, 5.41) is 5.54. The third kappa shape index (κ3) is 4.01. The van der Waals surface area contributed by atoms with Crippen molar-refractivity contribution >= 4 is 45.3 Å². The molecule has 28 heavy (non-hydrogen) atoms. The highest BCUT2D eigenvalue weighted by molar-refractivity contribution is 7.99. The molecule has 1 aromatic heterocycles. The van der Waals surface area contributed by atoms with E-state index in [1.54, 1.807) is 11.6 Å². The monoisotopic (exact) mass is 398 g/mol. The Morgan fingerprint density at radius 2 is 1.89 bits per heavy atom. The van der Waals surface area contributed by atoms with Gasteiger partial charge < -0.3 is 10.2 Å². The third-order valence-corrected chi connectivity index (χ3v) is 5.47. The van der Waals surface area contributed by atoms with Gasteiger partial charge in [0.2, 0.25) is 11.8 Å². The van der Waals surface area contributed by atoms with Crippen LogP contribution in [0.2, 0.25) is 0 Å². The van der Waals surface area contributed by atoms with Crippen molar-refractivity contribution in [3.8, 4) is 0 Å². The Morgan fingerprint density at radius 1 is 1.21 bits per heavy atom. The number of nitrogens with one attached hydrogen (secondary N) is 1. The van der Waals surface area contributed by atoms with Crippen molar-refractivity contribution in [3.63, 3.8) is 0 Å². The van der Waals surface area contributed by atoms with Gasteiger partial charge in [0.25, 0.3) is 5.56 Å². The van der Waals surface area contributed by atoms with Crippen LogP contribution < -0.4 is 10.9 Å². The number of amides is 2. The molecule has 0 aliphatic heterocycles. The minimum Gasteiger partial charge on any atom is -0.358 e. The highest BCUT2D eigenvalue weighted by Crippen LogP contribution is 2.23. The lowest BCUT2D eigenvalue weighted by atomic mass is 10.1. The largest absolute Gasteiger partial charge is 0.358 e. The number of rotatable bonds is 6. The maximum absolute atomic E-state index is 12.9. The van der Waals surface area contributed by atoms with Gasteiger partial charge in [-0.2, -0.15) is 0 Å². The lowest BCUT2D eigenvalue weighted by molar-refractivity contribution is -0.132. The first-order chi connectivity index (χ1) is 13.4. The Labute approximate surface area is 166 Å². The molecule has 0 unspecified atom stereocenters. The summed E-state index contributed by atoms with van der Waals surface area (Å²) in [5.41, 5.74) is 0.494. The molecule has 1 heterocycles. The quantitative estimate of drug-likeness (QED) is 0.389. The molecule has 2 aromatic carbocycles. The summed E-state index contributed by atoms with van der Waals surface area (Å²) in [6, 6.07) is 11.6. The van der Waals surface area contributed by atoms with Crippen molar-refractivity contribution < 1.29 is 9.59 Å². The normalized spacial score (nSPS) is 11.0. The highest BCUT2D eigenvalue weighted by Gasteiger charge is 2.16. The molecule has 146 valence electrons. The summed E-state index contributed by atoms with van der Waals surface area (Å²) in [6.07, 6.45) is 0. The summed E-state index contributed by atoms with van der Waals surface area (Å²) < 4.78 is 1.58. The summed E-state index contributed by atoms with van der Waals surface area (Å²) >= 11 is 1.21. The molecule has 0 aliphatic rings. The van der Waals surface area contributed by atoms with E-state index in [0.717, 1.165) is 10.8 Å². The van der Waals surface area contributed by atoms with Crippen molar-refractivity contribution in [1.82, 2.24) is 19.8 Å². The predicted molar refractivity (Wildman–Crippen MR) is 112 cm³/mol. The van der Waals surface area contributed by atoms with Gasteiger partial charge in [0.05, 0.1) is 23.2 Å². The minimum absolute atomic E-state index is 0.00633. The Hall–Kier alpha value is -2.87. The van der Waals surface area contributed by atoms with Gasteiger partial charge in [-0.15, -0.1) is 0 Å². The molecule has 1 N–H and O–H groups in total. The van der Waals surface area contributed by atoms with E-state index in [9.17, 15) is 14.4 Å². The standard InChI is InChI=1S/C20H22N4O3S/c1-4-24-19(27)15-9-13-7-5-6-8-14(13)10-16(15)22-20(24)28-12-18(26)23(3)11-17(25)21-2/h5-10H,4,11-12H2,1-3H3,(H,21,25). The van der Waals surface area contributed by atoms with Gasteiger partial charge in [0.1, 0.15) is 0 Å². The zero-order chi connectivity index (χ0) is 20.3. The van der Waals surface area contributed by atoms with E-state index in [1.165, 1.54) is 23.7 Å². The second-order valence-electron chi connectivity index (χ2n) is 6.37. The van der Waals surface area contributed by atoms with Crippen molar-refractivity contribution in [2.45, 2.75) is 18.6 Å². The van der Waals surface area contributed by atoms with Crippen LogP contribution in [0.25, 0.3) is 21.7 Å². The van der Waals surface area contributed by atoms with E-state index >= 15 is 0 Å². The van der Waals surface area contributed by atoms with E-state index in [2.05, 4.69) is 10.3 Å². The lowest BCUT2D eigenvalue weighted by Gasteiger charge is -2.16. The fourth-order valence-electron chi connectivity index (χ4n) is 2.90. The number of fused-ring (bicyclic) bond motifs is 2. The summed E-state index contributed by atoms with van der Waals surface area (Å²) in [7, 11) is 3.10. The van der Waals surface area contributed by atoms with Crippen LogP contribution in [0, 0.1) is 0 Å².